The number of benzene rings is 2. The van der Waals surface area contributed by atoms with E-state index in [0.717, 1.165) is 38.4 Å². The molecule has 2 aromatic heterocycles. The SMILES string of the molecule is CC.Cc1c2c(nc3ccc4ccc(COCNC(=O)CNC(=O)CCCCCN5C(=O)C=CC5=O)cc4c13)-c1cc3c(c(=O)n1C2)COC(=O)C3O. The van der Waals surface area contributed by atoms with E-state index in [-0.39, 0.29) is 67.3 Å². The number of rotatable bonds is 12. The first kappa shape index (κ1) is 37.0. The summed E-state index contributed by atoms with van der Waals surface area (Å²) in [5.41, 5.74) is 4.87. The average Bonchev–Trinajstić information content (AvgIpc) is 3.70. The number of carbonyl (C=O) groups is 5. The van der Waals surface area contributed by atoms with Crippen molar-refractivity contribution in [3.05, 3.63) is 86.7 Å². The normalized spacial score (nSPS) is 15.5. The summed E-state index contributed by atoms with van der Waals surface area (Å²) in [5, 5.41) is 18.5. The van der Waals surface area contributed by atoms with Crippen LogP contribution in [0.5, 0.6) is 0 Å². The van der Waals surface area contributed by atoms with Crippen LogP contribution in [-0.2, 0) is 53.2 Å². The van der Waals surface area contributed by atoms with Gasteiger partial charge in [-0.1, -0.05) is 38.5 Å². The highest BCUT2D eigenvalue weighted by atomic mass is 16.5. The van der Waals surface area contributed by atoms with Crippen molar-refractivity contribution in [3.63, 3.8) is 0 Å². The first-order valence-electron chi connectivity index (χ1n) is 17.7. The summed E-state index contributed by atoms with van der Waals surface area (Å²) in [7, 11) is 0. The summed E-state index contributed by atoms with van der Waals surface area (Å²) in [5.74, 6) is -2.07. The molecule has 3 aliphatic rings. The van der Waals surface area contributed by atoms with Crippen molar-refractivity contribution >= 4 is 51.3 Å². The molecule has 0 spiro atoms. The van der Waals surface area contributed by atoms with Crippen molar-refractivity contribution in [3.8, 4) is 11.4 Å². The lowest BCUT2D eigenvalue weighted by Crippen LogP contribution is -2.37. The maximum absolute atomic E-state index is 13.4. The fourth-order valence-electron chi connectivity index (χ4n) is 6.83. The molecule has 14 heteroatoms. The minimum atomic E-state index is -1.52. The summed E-state index contributed by atoms with van der Waals surface area (Å²) in [6.07, 6.45) is 3.04. The molecule has 0 bridgehead atoms. The number of esters is 1. The monoisotopic (exact) mass is 723 g/mol. The molecular weight excluding hydrogens is 682 g/mol. The van der Waals surface area contributed by atoms with Crippen molar-refractivity contribution in [1.82, 2.24) is 25.1 Å². The van der Waals surface area contributed by atoms with Gasteiger partial charge in [-0.25, -0.2) is 9.78 Å². The zero-order valence-electron chi connectivity index (χ0n) is 29.8. The number of aromatic nitrogens is 2. The molecule has 2 aromatic carbocycles. The Morgan fingerprint density at radius 1 is 0.962 bits per heavy atom. The zero-order valence-corrected chi connectivity index (χ0v) is 29.8. The number of nitrogens with one attached hydrogen (secondary N) is 2. The number of unbranched alkanes of at least 4 members (excludes halogenated alkanes) is 2. The third-order valence-electron chi connectivity index (χ3n) is 9.55. The van der Waals surface area contributed by atoms with E-state index in [1.807, 2.05) is 51.1 Å². The Morgan fingerprint density at radius 3 is 2.49 bits per heavy atom. The lowest BCUT2D eigenvalue weighted by molar-refractivity contribution is -0.157. The number of nitrogens with zero attached hydrogens (tertiary/aromatic N) is 3. The van der Waals surface area contributed by atoms with Gasteiger partial charge in [-0.05, 0) is 59.9 Å². The predicted octanol–water partition coefficient (Wildman–Crippen LogP) is 3.20. The van der Waals surface area contributed by atoms with Crippen LogP contribution in [0.2, 0.25) is 0 Å². The van der Waals surface area contributed by atoms with Crippen LogP contribution in [0.1, 0.15) is 73.5 Å². The average molecular weight is 724 g/mol. The van der Waals surface area contributed by atoms with Gasteiger partial charge in [0.15, 0.2) is 6.10 Å². The molecule has 3 N–H and O–H groups in total. The number of pyridine rings is 2. The molecule has 4 aromatic rings. The minimum absolute atomic E-state index is 0.0541. The fraction of sp³-hybridized carbons (Fsp3) is 0.359. The molecule has 0 fully saturated rings. The van der Waals surface area contributed by atoms with Gasteiger partial charge in [0.1, 0.15) is 13.3 Å². The maximum atomic E-state index is 13.4. The molecule has 7 rings (SSSR count). The second-order valence-electron chi connectivity index (χ2n) is 12.8. The molecule has 3 aliphatic heterocycles. The Kier molecular flexibility index (Phi) is 11.1. The Labute approximate surface area is 304 Å². The number of hydrogen-bond donors (Lipinski definition) is 3. The number of imide groups is 1. The van der Waals surface area contributed by atoms with Crippen LogP contribution in [-0.4, -0.2) is 69.0 Å². The minimum Gasteiger partial charge on any atom is -0.458 e. The van der Waals surface area contributed by atoms with E-state index in [0.29, 0.717) is 43.7 Å². The first-order chi connectivity index (χ1) is 25.6. The van der Waals surface area contributed by atoms with Gasteiger partial charge < -0.3 is 29.8 Å². The predicted molar refractivity (Wildman–Crippen MR) is 194 cm³/mol. The lowest BCUT2D eigenvalue weighted by Gasteiger charge is -2.21. The highest BCUT2D eigenvalue weighted by Gasteiger charge is 2.34. The highest BCUT2D eigenvalue weighted by molar-refractivity contribution is 6.13. The number of carbonyl (C=O) groups excluding carboxylic acids is 5. The van der Waals surface area contributed by atoms with Crippen LogP contribution in [0, 0.1) is 6.92 Å². The van der Waals surface area contributed by atoms with E-state index in [9.17, 15) is 33.9 Å². The van der Waals surface area contributed by atoms with Crippen molar-refractivity contribution in [1.29, 1.82) is 0 Å². The summed E-state index contributed by atoms with van der Waals surface area (Å²) < 4.78 is 12.3. The molecule has 0 aliphatic carbocycles. The van der Waals surface area contributed by atoms with Crippen LogP contribution < -0.4 is 16.2 Å². The third kappa shape index (κ3) is 7.46. The first-order valence-corrected chi connectivity index (χ1v) is 17.7. The number of hydrogen-bond acceptors (Lipinski definition) is 10. The molecule has 0 saturated carbocycles. The van der Waals surface area contributed by atoms with Crippen molar-refractivity contribution in [2.24, 2.45) is 0 Å². The number of aryl methyl sites for hydroxylation is 1. The van der Waals surface area contributed by atoms with E-state index < -0.39 is 18.0 Å². The lowest BCUT2D eigenvalue weighted by atomic mass is 9.95. The number of aliphatic hydroxyl groups excluding tert-OH is 1. The fourth-order valence-corrected chi connectivity index (χ4v) is 6.83. The maximum Gasteiger partial charge on any atom is 0.340 e. The second-order valence-corrected chi connectivity index (χ2v) is 12.8. The number of amides is 4. The van der Waals surface area contributed by atoms with Crippen LogP contribution in [0.4, 0.5) is 0 Å². The molecule has 4 amide bonds. The summed E-state index contributed by atoms with van der Waals surface area (Å²) in [4.78, 5) is 79.0. The number of aliphatic hydroxyl groups is 1. The van der Waals surface area contributed by atoms with Gasteiger partial charge in [-0.2, -0.15) is 0 Å². The number of cyclic esters (lactones) is 1. The van der Waals surface area contributed by atoms with E-state index in [1.54, 1.807) is 10.6 Å². The van der Waals surface area contributed by atoms with E-state index in [1.165, 1.54) is 17.1 Å². The Balaban J connectivity index is 0.00000236. The molecule has 5 heterocycles. The van der Waals surface area contributed by atoms with Crippen molar-refractivity contribution in [2.45, 2.75) is 72.3 Å². The van der Waals surface area contributed by atoms with E-state index in [2.05, 4.69) is 10.6 Å². The van der Waals surface area contributed by atoms with E-state index in [4.69, 9.17) is 14.5 Å². The van der Waals surface area contributed by atoms with Crippen LogP contribution >= 0.6 is 0 Å². The molecule has 0 radical (unpaired) electrons. The standard InChI is InChI=1S/C37H35N5O9.C2H6/c1-20-25-16-42-28(14-24-26(36(42)48)18-51-37(49)35(24)47)34(25)40-27-9-8-22-7-6-21(13-23(22)33(20)27)17-50-19-39-30(44)15-38-29(43)5-3-2-4-12-41-31(45)10-11-32(41)46;1-2/h6-11,13-14,35,47H,2-5,12,15-19H2,1H3,(H,38,43)(H,39,44);1-2H3. The Bertz CT molecular complexity index is 2220. The Morgan fingerprint density at radius 2 is 1.72 bits per heavy atom. The highest BCUT2D eigenvalue weighted by Crippen LogP contribution is 2.39. The van der Waals surface area contributed by atoms with Gasteiger partial charge in [-0.3, -0.25) is 28.9 Å². The van der Waals surface area contributed by atoms with Gasteiger partial charge in [-0.15, -0.1) is 0 Å². The van der Waals surface area contributed by atoms with E-state index >= 15 is 0 Å². The third-order valence-corrected chi connectivity index (χ3v) is 9.55. The molecular formula is C39H41N5O9. The largest absolute Gasteiger partial charge is 0.458 e. The van der Waals surface area contributed by atoms with Crippen molar-refractivity contribution in [2.75, 3.05) is 19.8 Å². The molecule has 0 saturated heterocycles. The van der Waals surface area contributed by atoms with Crippen LogP contribution in [0.3, 0.4) is 0 Å². The van der Waals surface area contributed by atoms with Gasteiger partial charge in [0.25, 0.3) is 17.4 Å². The molecule has 14 nitrogen and oxygen atoms in total. The smallest absolute Gasteiger partial charge is 0.340 e. The van der Waals surface area contributed by atoms with Gasteiger partial charge >= 0.3 is 5.97 Å². The number of fused-ring (bicyclic) bond motifs is 7. The molecule has 1 atom stereocenters. The zero-order chi connectivity index (χ0) is 37.8. The Hall–Kier alpha value is -5.73. The number of ether oxygens (including phenoxy) is 2. The van der Waals surface area contributed by atoms with Crippen LogP contribution in [0.15, 0.2) is 53.3 Å². The van der Waals surface area contributed by atoms with Gasteiger partial charge in [0.2, 0.25) is 11.8 Å². The summed E-state index contributed by atoms with van der Waals surface area (Å²) in [6.45, 7) is 6.42. The van der Waals surface area contributed by atoms with Gasteiger partial charge in [0, 0.05) is 41.6 Å². The quantitative estimate of drug-likeness (QED) is 0.0568. The van der Waals surface area contributed by atoms with Crippen LogP contribution in [0.25, 0.3) is 33.1 Å². The van der Waals surface area contributed by atoms with Crippen molar-refractivity contribution < 1.29 is 38.6 Å². The summed E-state index contributed by atoms with van der Waals surface area (Å²) >= 11 is 0. The molecule has 53 heavy (non-hydrogen) atoms. The topological polar surface area (TPSA) is 186 Å². The molecule has 1 unspecified atom stereocenters. The summed E-state index contributed by atoms with van der Waals surface area (Å²) in [6, 6.07) is 11.5. The van der Waals surface area contributed by atoms with Gasteiger partial charge in [0.05, 0.1) is 42.2 Å². The molecule has 276 valence electrons. The second kappa shape index (κ2) is 15.9.